The molecular formula is C19H21NO2S. The Hall–Kier alpha value is -1.91. The van der Waals surface area contributed by atoms with Crippen LogP contribution in [0.3, 0.4) is 0 Å². The van der Waals surface area contributed by atoms with Gasteiger partial charge in [0.25, 0.3) is 0 Å². The summed E-state index contributed by atoms with van der Waals surface area (Å²) in [7, 11) is -3.44. The topological polar surface area (TPSA) is 37.4 Å². The summed E-state index contributed by atoms with van der Waals surface area (Å²) in [5.74, 6) is 0.287. The molecule has 0 aromatic heterocycles. The largest absolute Gasteiger partial charge is 0.243 e. The number of nitrogens with zero attached hydrogens (tertiary/aromatic N) is 1. The molecular weight excluding hydrogens is 306 g/mol. The lowest BCUT2D eigenvalue weighted by Crippen LogP contribution is -2.58. The van der Waals surface area contributed by atoms with E-state index in [1.165, 1.54) is 5.56 Å². The van der Waals surface area contributed by atoms with Crippen LogP contribution >= 0.6 is 0 Å². The van der Waals surface area contributed by atoms with E-state index < -0.39 is 10.0 Å². The first-order chi connectivity index (χ1) is 11.0. The van der Waals surface area contributed by atoms with Gasteiger partial charge in [-0.25, -0.2) is 8.42 Å². The SMILES string of the molecule is C=C[C@H]1[C@H](Cc2ccccc2)CN1S(=O)(=O)c1ccc(C)cc1. The van der Waals surface area contributed by atoms with Crippen molar-refractivity contribution < 1.29 is 8.42 Å². The first-order valence-electron chi connectivity index (χ1n) is 7.77. The Morgan fingerprint density at radius 2 is 1.78 bits per heavy atom. The van der Waals surface area contributed by atoms with E-state index in [9.17, 15) is 8.42 Å². The summed E-state index contributed by atoms with van der Waals surface area (Å²) >= 11 is 0. The van der Waals surface area contributed by atoms with Crippen molar-refractivity contribution in [2.24, 2.45) is 5.92 Å². The van der Waals surface area contributed by atoms with Gasteiger partial charge in [-0.1, -0.05) is 54.1 Å². The van der Waals surface area contributed by atoms with Crippen LogP contribution in [0, 0.1) is 12.8 Å². The van der Waals surface area contributed by atoms with E-state index >= 15 is 0 Å². The van der Waals surface area contributed by atoms with Crippen LogP contribution in [0.4, 0.5) is 0 Å². The molecule has 0 radical (unpaired) electrons. The number of aryl methyl sites for hydroxylation is 1. The maximum atomic E-state index is 12.8. The van der Waals surface area contributed by atoms with Crippen LogP contribution in [0.5, 0.6) is 0 Å². The van der Waals surface area contributed by atoms with Crippen LogP contribution in [-0.4, -0.2) is 25.3 Å². The molecule has 2 atom stereocenters. The number of sulfonamides is 1. The summed E-state index contributed by atoms with van der Waals surface area (Å²) in [4.78, 5) is 0.355. The smallest absolute Gasteiger partial charge is 0.207 e. The molecule has 120 valence electrons. The maximum absolute atomic E-state index is 12.8. The van der Waals surface area contributed by atoms with Crippen molar-refractivity contribution in [1.29, 1.82) is 0 Å². The summed E-state index contributed by atoms with van der Waals surface area (Å²) in [6, 6.07) is 17.0. The Morgan fingerprint density at radius 1 is 1.13 bits per heavy atom. The van der Waals surface area contributed by atoms with Crippen molar-refractivity contribution in [3.8, 4) is 0 Å². The Morgan fingerprint density at radius 3 is 2.39 bits per heavy atom. The summed E-state index contributed by atoms with van der Waals surface area (Å²) in [6.07, 6.45) is 2.63. The van der Waals surface area contributed by atoms with E-state index in [4.69, 9.17) is 0 Å². The molecule has 0 N–H and O–H groups in total. The van der Waals surface area contributed by atoms with Crippen molar-refractivity contribution in [3.63, 3.8) is 0 Å². The highest BCUT2D eigenvalue weighted by Gasteiger charge is 2.44. The predicted molar refractivity (Wildman–Crippen MR) is 92.7 cm³/mol. The number of benzene rings is 2. The van der Waals surface area contributed by atoms with Gasteiger partial charge in [0.1, 0.15) is 0 Å². The number of hydrogen-bond acceptors (Lipinski definition) is 2. The third kappa shape index (κ3) is 3.09. The molecule has 2 aromatic rings. The zero-order valence-electron chi connectivity index (χ0n) is 13.2. The lowest BCUT2D eigenvalue weighted by Gasteiger charge is -2.45. The molecule has 3 nitrogen and oxygen atoms in total. The molecule has 1 heterocycles. The summed E-state index contributed by atoms with van der Waals surface area (Å²) in [5, 5.41) is 0. The van der Waals surface area contributed by atoms with E-state index in [1.54, 1.807) is 22.5 Å². The molecule has 1 saturated heterocycles. The normalized spacial score (nSPS) is 21.6. The average molecular weight is 327 g/mol. The minimum Gasteiger partial charge on any atom is -0.207 e. The second-order valence-corrected chi connectivity index (χ2v) is 7.95. The lowest BCUT2D eigenvalue weighted by molar-refractivity contribution is 0.139. The monoisotopic (exact) mass is 327 g/mol. The zero-order chi connectivity index (χ0) is 16.4. The Balaban J connectivity index is 1.77. The molecule has 0 unspecified atom stereocenters. The first-order valence-corrected chi connectivity index (χ1v) is 9.21. The Bertz CT molecular complexity index is 782. The second kappa shape index (κ2) is 6.30. The Kier molecular flexibility index (Phi) is 4.37. The van der Waals surface area contributed by atoms with Gasteiger partial charge < -0.3 is 0 Å². The molecule has 1 fully saturated rings. The first kappa shape index (κ1) is 16.0. The molecule has 4 heteroatoms. The van der Waals surface area contributed by atoms with Crippen molar-refractivity contribution in [3.05, 3.63) is 78.4 Å². The van der Waals surface area contributed by atoms with Gasteiger partial charge in [-0.15, -0.1) is 6.58 Å². The fourth-order valence-corrected chi connectivity index (χ4v) is 4.79. The average Bonchev–Trinajstić information content (AvgIpc) is 2.52. The van der Waals surface area contributed by atoms with Crippen LogP contribution < -0.4 is 0 Å². The van der Waals surface area contributed by atoms with Gasteiger partial charge in [0.2, 0.25) is 10.0 Å². The molecule has 0 amide bonds. The van der Waals surface area contributed by atoms with E-state index in [-0.39, 0.29) is 12.0 Å². The minimum atomic E-state index is -3.44. The highest BCUT2D eigenvalue weighted by molar-refractivity contribution is 7.89. The lowest BCUT2D eigenvalue weighted by atomic mass is 9.86. The molecule has 1 aliphatic rings. The van der Waals surface area contributed by atoms with Crippen LogP contribution in [0.1, 0.15) is 11.1 Å². The van der Waals surface area contributed by atoms with Crippen LogP contribution in [0.15, 0.2) is 72.1 Å². The molecule has 0 saturated carbocycles. The Labute approximate surface area is 138 Å². The van der Waals surface area contributed by atoms with Crippen LogP contribution in [0.2, 0.25) is 0 Å². The highest BCUT2D eigenvalue weighted by atomic mass is 32.2. The fraction of sp³-hybridized carbons (Fsp3) is 0.263. The predicted octanol–water partition coefficient (Wildman–Crippen LogP) is 3.41. The second-order valence-electron chi connectivity index (χ2n) is 6.06. The molecule has 2 aromatic carbocycles. The van der Waals surface area contributed by atoms with Crippen molar-refractivity contribution in [2.45, 2.75) is 24.3 Å². The third-order valence-electron chi connectivity index (χ3n) is 4.44. The molecule has 1 aliphatic heterocycles. The molecule has 0 spiro atoms. The fourth-order valence-electron chi connectivity index (χ4n) is 3.07. The van der Waals surface area contributed by atoms with Gasteiger partial charge >= 0.3 is 0 Å². The van der Waals surface area contributed by atoms with Crippen molar-refractivity contribution in [1.82, 2.24) is 4.31 Å². The van der Waals surface area contributed by atoms with Crippen molar-refractivity contribution in [2.75, 3.05) is 6.54 Å². The summed E-state index contributed by atoms with van der Waals surface area (Å²) in [6.45, 7) is 6.33. The van der Waals surface area contributed by atoms with E-state index in [2.05, 4.69) is 18.7 Å². The van der Waals surface area contributed by atoms with Gasteiger partial charge in [-0.05, 0) is 37.0 Å². The van der Waals surface area contributed by atoms with Gasteiger partial charge in [0.05, 0.1) is 4.90 Å². The van der Waals surface area contributed by atoms with Gasteiger partial charge in [-0.3, -0.25) is 0 Å². The minimum absolute atomic E-state index is 0.137. The summed E-state index contributed by atoms with van der Waals surface area (Å²) in [5.41, 5.74) is 2.28. The van der Waals surface area contributed by atoms with E-state index in [0.29, 0.717) is 11.4 Å². The van der Waals surface area contributed by atoms with Crippen LogP contribution in [0.25, 0.3) is 0 Å². The highest BCUT2D eigenvalue weighted by Crippen LogP contribution is 2.34. The number of rotatable bonds is 5. The standard InChI is InChI=1S/C19H21NO2S/c1-3-19-17(13-16-7-5-4-6-8-16)14-20(19)23(21,22)18-11-9-15(2)10-12-18/h3-12,17,19H,1,13-14H2,2H3/t17-,19+/m1/s1. The van der Waals surface area contributed by atoms with Gasteiger partial charge in [0.15, 0.2) is 0 Å². The maximum Gasteiger partial charge on any atom is 0.243 e. The molecule has 23 heavy (non-hydrogen) atoms. The molecule has 0 aliphatic carbocycles. The van der Waals surface area contributed by atoms with Crippen molar-refractivity contribution >= 4 is 10.0 Å². The van der Waals surface area contributed by atoms with Crippen LogP contribution in [-0.2, 0) is 16.4 Å². The quantitative estimate of drug-likeness (QED) is 0.789. The van der Waals surface area contributed by atoms with Gasteiger partial charge in [-0.2, -0.15) is 4.31 Å². The summed E-state index contributed by atoms with van der Waals surface area (Å²) < 4.78 is 27.1. The van der Waals surface area contributed by atoms with Gasteiger partial charge in [0, 0.05) is 12.6 Å². The number of hydrogen-bond donors (Lipinski definition) is 0. The molecule has 3 rings (SSSR count). The molecule has 0 bridgehead atoms. The zero-order valence-corrected chi connectivity index (χ0v) is 14.0. The van der Waals surface area contributed by atoms with E-state index in [0.717, 1.165) is 12.0 Å². The third-order valence-corrected chi connectivity index (χ3v) is 6.32. The van der Waals surface area contributed by atoms with E-state index in [1.807, 2.05) is 37.3 Å².